The minimum absolute atomic E-state index is 0. The van der Waals surface area contributed by atoms with Gasteiger partial charge in [-0.2, -0.15) is 0 Å². The summed E-state index contributed by atoms with van der Waals surface area (Å²) in [6.07, 6.45) is 3.16. The van der Waals surface area contributed by atoms with E-state index >= 15 is 0 Å². The third kappa shape index (κ3) is 8.30. The second kappa shape index (κ2) is 15.0. The lowest BCUT2D eigenvalue weighted by Gasteiger charge is -2.32. The maximum atomic E-state index is 6.45. The Morgan fingerprint density at radius 3 is 2.31 bits per heavy atom. The third-order valence-corrected chi connectivity index (χ3v) is 7.41. The van der Waals surface area contributed by atoms with Crippen LogP contribution in [0.3, 0.4) is 0 Å². The van der Waals surface area contributed by atoms with Crippen molar-refractivity contribution in [2.45, 2.75) is 51.4 Å². The zero-order valence-corrected chi connectivity index (χ0v) is 23.6. The van der Waals surface area contributed by atoms with Gasteiger partial charge in [-0.15, -0.1) is 12.4 Å². The van der Waals surface area contributed by atoms with Gasteiger partial charge >= 0.3 is 0 Å². The van der Waals surface area contributed by atoms with Crippen molar-refractivity contribution in [1.82, 2.24) is 5.32 Å². The summed E-state index contributed by atoms with van der Waals surface area (Å²) < 4.78 is 18.2. The summed E-state index contributed by atoms with van der Waals surface area (Å²) in [7, 11) is 0. The Bertz CT molecular complexity index is 1280. The molecule has 4 nitrogen and oxygen atoms in total. The highest BCUT2D eigenvalue weighted by atomic mass is 35.5. The molecule has 4 aromatic carbocycles. The van der Waals surface area contributed by atoms with Gasteiger partial charge in [0.25, 0.3) is 0 Å². The van der Waals surface area contributed by atoms with E-state index in [0.29, 0.717) is 32.3 Å². The van der Waals surface area contributed by atoms with Crippen LogP contribution in [0.2, 0.25) is 0 Å². The maximum Gasteiger partial charge on any atom is 0.119 e. The number of ether oxygens (including phenoxy) is 3. The second-order valence-corrected chi connectivity index (χ2v) is 10.1. The van der Waals surface area contributed by atoms with Gasteiger partial charge in [-0.1, -0.05) is 79.7 Å². The Morgan fingerprint density at radius 1 is 0.769 bits per heavy atom. The van der Waals surface area contributed by atoms with Gasteiger partial charge in [-0.25, -0.2) is 0 Å². The second-order valence-electron chi connectivity index (χ2n) is 10.1. The van der Waals surface area contributed by atoms with Crippen molar-refractivity contribution in [3.63, 3.8) is 0 Å². The van der Waals surface area contributed by atoms with E-state index in [9.17, 15) is 0 Å². The molecule has 1 N–H and O–H groups in total. The van der Waals surface area contributed by atoms with E-state index in [2.05, 4.69) is 103 Å². The summed E-state index contributed by atoms with van der Waals surface area (Å²) in [4.78, 5) is 0. The zero-order valence-electron chi connectivity index (χ0n) is 22.8. The van der Waals surface area contributed by atoms with E-state index in [1.54, 1.807) is 0 Å². The molecule has 1 saturated heterocycles. The number of nitrogens with one attached hydrogen (secondary N) is 1. The third-order valence-electron chi connectivity index (χ3n) is 7.41. The van der Waals surface area contributed by atoms with Crippen molar-refractivity contribution in [2.24, 2.45) is 0 Å². The highest BCUT2D eigenvalue weighted by Crippen LogP contribution is 2.30. The topological polar surface area (TPSA) is 39.7 Å². The van der Waals surface area contributed by atoms with Crippen molar-refractivity contribution in [3.05, 3.63) is 113 Å². The van der Waals surface area contributed by atoms with Crippen LogP contribution in [0.1, 0.15) is 47.9 Å². The fraction of sp³-hybridized carbons (Fsp3) is 0.353. The van der Waals surface area contributed by atoms with Crippen LogP contribution < -0.4 is 10.1 Å². The van der Waals surface area contributed by atoms with Gasteiger partial charge in [0.15, 0.2) is 0 Å². The van der Waals surface area contributed by atoms with Crippen molar-refractivity contribution < 1.29 is 14.2 Å². The molecular formula is C34H40ClNO3. The largest absolute Gasteiger partial charge is 0.494 e. The Kier molecular flexibility index (Phi) is 11.2. The number of aryl methyl sites for hydroxylation is 1. The fourth-order valence-electron chi connectivity index (χ4n) is 5.14. The average Bonchev–Trinajstić information content (AvgIpc) is 2.98. The minimum Gasteiger partial charge on any atom is -0.494 e. The first kappa shape index (κ1) is 29.1. The van der Waals surface area contributed by atoms with Crippen LogP contribution in [0.5, 0.6) is 5.75 Å². The van der Waals surface area contributed by atoms with Gasteiger partial charge in [0.1, 0.15) is 5.75 Å². The highest BCUT2D eigenvalue weighted by Gasteiger charge is 2.27. The Balaban J connectivity index is 0.00000353. The van der Waals surface area contributed by atoms with Crippen molar-refractivity contribution in [3.8, 4) is 5.75 Å². The zero-order chi connectivity index (χ0) is 26.0. The molecule has 0 saturated carbocycles. The molecule has 1 fully saturated rings. The number of halogens is 1. The molecule has 1 aliphatic heterocycles. The molecule has 1 heterocycles. The number of hydrogen-bond donors (Lipinski definition) is 1. The quantitative estimate of drug-likeness (QED) is 0.187. The van der Waals surface area contributed by atoms with Crippen LogP contribution in [0.15, 0.2) is 91.0 Å². The molecule has 1 aliphatic rings. The molecule has 2 unspecified atom stereocenters. The molecule has 5 rings (SSSR count). The first-order chi connectivity index (χ1) is 18.8. The molecule has 0 bridgehead atoms. The SMILES string of the molecule is CCc1ccc(COCCCOc2ccc(C3CCNCC3OCc3ccc4ccccc4c3)cc2)cc1.Cl. The van der Waals surface area contributed by atoms with Crippen LogP contribution in [-0.2, 0) is 29.1 Å². The number of hydrogen-bond acceptors (Lipinski definition) is 4. The molecule has 4 aromatic rings. The summed E-state index contributed by atoms with van der Waals surface area (Å²) in [6.45, 7) is 6.69. The normalized spacial score (nSPS) is 17.1. The fourth-order valence-corrected chi connectivity index (χ4v) is 5.14. The number of fused-ring (bicyclic) bond motifs is 1. The Morgan fingerprint density at radius 2 is 1.51 bits per heavy atom. The summed E-state index contributed by atoms with van der Waals surface area (Å²) in [6, 6.07) is 32.3. The van der Waals surface area contributed by atoms with E-state index in [4.69, 9.17) is 14.2 Å². The van der Waals surface area contributed by atoms with Gasteiger partial charge in [0, 0.05) is 18.9 Å². The van der Waals surface area contributed by atoms with Crippen molar-refractivity contribution in [1.29, 1.82) is 0 Å². The molecule has 0 aliphatic carbocycles. The lowest BCUT2D eigenvalue weighted by atomic mass is 9.87. The molecular weight excluding hydrogens is 506 g/mol. The monoisotopic (exact) mass is 545 g/mol. The molecule has 0 amide bonds. The lowest BCUT2D eigenvalue weighted by Crippen LogP contribution is -2.40. The van der Waals surface area contributed by atoms with E-state index in [1.807, 2.05) is 0 Å². The molecule has 0 aromatic heterocycles. The van der Waals surface area contributed by atoms with E-state index < -0.39 is 0 Å². The van der Waals surface area contributed by atoms with Crippen LogP contribution in [0, 0.1) is 0 Å². The van der Waals surface area contributed by atoms with Crippen LogP contribution >= 0.6 is 12.4 Å². The molecule has 39 heavy (non-hydrogen) atoms. The first-order valence-corrected chi connectivity index (χ1v) is 14.0. The van der Waals surface area contributed by atoms with Crippen molar-refractivity contribution >= 4 is 23.2 Å². The van der Waals surface area contributed by atoms with Crippen LogP contribution in [0.25, 0.3) is 10.8 Å². The minimum atomic E-state index is 0. The molecule has 0 spiro atoms. The van der Waals surface area contributed by atoms with Gasteiger partial charge < -0.3 is 19.5 Å². The van der Waals surface area contributed by atoms with Gasteiger partial charge in [-0.3, -0.25) is 0 Å². The first-order valence-electron chi connectivity index (χ1n) is 14.0. The van der Waals surface area contributed by atoms with Crippen molar-refractivity contribution in [2.75, 3.05) is 26.3 Å². The maximum absolute atomic E-state index is 6.45. The summed E-state index contributed by atoms with van der Waals surface area (Å²) in [5.74, 6) is 1.29. The Hall–Kier alpha value is -2.89. The predicted octanol–water partition coefficient (Wildman–Crippen LogP) is 7.47. The molecule has 0 radical (unpaired) electrons. The van der Waals surface area contributed by atoms with Crippen LogP contribution in [0.4, 0.5) is 0 Å². The number of piperidine rings is 1. The summed E-state index contributed by atoms with van der Waals surface area (Å²) in [5, 5.41) is 6.04. The van der Waals surface area contributed by atoms with Crippen LogP contribution in [-0.4, -0.2) is 32.4 Å². The summed E-state index contributed by atoms with van der Waals surface area (Å²) >= 11 is 0. The molecule has 206 valence electrons. The van der Waals surface area contributed by atoms with E-state index in [0.717, 1.165) is 38.1 Å². The lowest BCUT2D eigenvalue weighted by molar-refractivity contribution is 0.0106. The highest BCUT2D eigenvalue weighted by molar-refractivity contribution is 5.85. The Labute approximate surface area is 239 Å². The number of benzene rings is 4. The van der Waals surface area contributed by atoms with E-state index in [-0.39, 0.29) is 18.5 Å². The van der Waals surface area contributed by atoms with Gasteiger partial charge in [0.2, 0.25) is 0 Å². The predicted molar refractivity (Wildman–Crippen MR) is 162 cm³/mol. The van der Waals surface area contributed by atoms with Gasteiger partial charge in [-0.05, 0) is 70.6 Å². The standard InChI is InChI=1S/C34H39NO3.ClH/c1-2-26-8-10-27(11-9-26)24-36-20-5-21-37-32-16-14-30(15-17-32)33-18-19-35-23-34(33)38-25-28-12-13-29-6-3-4-7-31(29)22-28;/h3-4,6-17,22,33-35H,2,5,18-21,23-25H2,1H3;1H. The smallest absolute Gasteiger partial charge is 0.119 e. The van der Waals surface area contributed by atoms with Gasteiger partial charge in [0.05, 0.1) is 32.5 Å². The molecule has 2 atom stereocenters. The molecule has 5 heteroatoms. The summed E-state index contributed by atoms with van der Waals surface area (Å²) in [5.41, 5.74) is 5.11. The van der Waals surface area contributed by atoms with E-state index in [1.165, 1.54) is 33.0 Å². The average molecular weight is 546 g/mol. The number of rotatable bonds is 12.